The number of carbonyl (C=O) groups excluding carboxylic acids is 1. The Morgan fingerprint density at radius 3 is 2.47 bits per heavy atom. The van der Waals surface area contributed by atoms with E-state index in [0.717, 1.165) is 6.07 Å². The van der Waals surface area contributed by atoms with E-state index in [2.05, 4.69) is 4.74 Å². The van der Waals surface area contributed by atoms with E-state index in [1.807, 2.05) is 0 Å². The number of alkyl halides is 3. The van der Waals surface area contributed by atoms with Crippen molar-refractivity contribution in [1.29, 1.82) is 0 Å². The van der Waals surface area contributed by atoms with Gasteiger partial charge in [-0.15, -0.1) is 0 Å². The van der Waals surface area contributed by atoms with Crippen molar-refractivity contribution in [3.8, 4) is 0 Å². The molecule has 3 nitrogen and oxygen atoms in total. The van der Waals surface area contributed by atoms with Crippen molar-refractivity contribution in [2.24, 2.45) is 0 Å². The van der Waals surface area contributed by atoms with Crippen molar-refractivity contribution < 1.29 is 22.7 Å². The number of esters is 1. The van der Waals surface area contributed by atoms with Crippen LogP contribution in [-0.4, -0.2) is 18.8 Å². The Kier molecular flexibility index (Phi) is 4.11. The second-order valence-corrected chi connectivity index (χ2v) is 3.84. The first-order chi connectivity index (χ1) is 7.70. The Labute approximate surface area is 104 Å². The standard InChI is InChI=1S/C9H6Cl2F3NO2/c10-6-2-4(15)1-5(7(6)11)8(16)17-3-9(12,13)14/h1-2H,3,15H2. The number of hydrogen-bond donors (Lipinski definition) is 1. The summed E-state index contributed by atoms with van der Waals surface area (Å²) in [6, 6.07) is 2.36. The van der Waals surface area contributed by atoms with Gasteiger partial charge in [0.15, 0.2) is 6.61 Å². The van der Waals surface area contributed by atoms with E-state index in [1.165, 1.54) is 6.07 Å². The molecular formula is C9H6Cl2F3NO2. The van der Waals surface area contributed by atoms with Gasteiger partial charge < -0.3 is 10.5 Å². The molecule has 0 spiro atoms. The molecule has 0 unspecified atom stereocenters. The summed E-state index contributed by atoms with van der Waals surface area (Å²) in [5.74, 6) is -1.23. The summed E-state index contributed by atoms with van der Waals surface area (Å²) >= 11 is 11.3. The molecule has 0 radical (unpaired) electrons. The molecule has 0 aliphatic heterocycles. The highest BCUT2D eigenvalue weighted by atomic mass is 35.5. The molecule has 0 amide bonds. The maximum Gasteiger partial charge on any atom is 0.422 e. The van der Waals surface area contributed by atoms with E-state index in [9.17, 15) is 18.0 Å². The van der Waals surface area contributed by atoms with E-state index < -0.39 is 18.8 Å². The maximum absolute atomic E-state index is 11.8. The van der Waals surface area contributed by atoms with Crippen molar-refractivity contribution in [3.05, 3.63) is 27.7 Å². The molecule has 94 valence electrons. The molecule has 0 atom stereocenters. The zero-order chi connectivity index (χ0) is 13.2. The smallest absolute Gasteiger partial charge is 0.422 e. The Morgan fingerprint density at radius 1 is 1.35 bits per heavy atom. The summed E-state index contributed by atoms with van der Waals surface area (Å²) in [5.41, 5.74) is 5.17. The lowest BCUT2D eigenvalue weighted by Gasteiger charge is -2.09. The monoisotopic (exact) mass is 287 g/mol. The van der Waals surface area contributed by atoms with Gasteiger partial charge in [-0.05, 0) is 12.1 Å². The Balaban J connectivity index is 2.90. The zero-order valence-electron chi connectivity index (χ0n) is 8.15. The normalized spacial score (nSPS) is 11.4. The minimum absolute atomic E-state index is 0.0365. The number of halogens is 5. The number of anilines is 1. The second-order valence-electron chi connectivity index (χ2n) is 3.06. The first kappa shape index (κ1) is 13.9. The minimum Gasteiger partial charge on any atom is -0.452 e. The average Bonchev–Trinajstić information content (AvgIpc) is 2.19. The average molecular weight is 288 g/mol. The number of nitrogen functional groups attached to an aromatic ring is 1. The van der Waals surface area contributed by atoms with Crippen LogP contribution in [0.2, 0.25) is 10.0 Å². The highest BCUT2D eigenvalue weighted by Crippen LogP contribution is 2.29. The van der Waals surface area contributed by atoms with Crippen LogP contribution in [-0.2, 0) is 4.74 Å². The van der Waals surface area contributed by atoms with Crippen LogP contribution >= 0.6 is 23.2 Å². The van der Waals surface area contributed by atoms with Crippen LogP contribution in [0, 0.1) is 0 Å². The highest BCUT2D eigenvalue weighted by Gasteiger charge is 2.30. The molecule has 0 aliphatic rings. The second kappa shape index (κ2) is 5.01. The third kappa shape index (κ3) is 3.98. The lowest BCUT2D eigenvalue weighted by atomic mass is 10.2. The van der Waals surface area contributed by atoms with Crippen LogP contribution in [0.15, 0.2) is 12.1 Å². The van der Waals surface area contributed by atoms with Crippen molar-refractivity contribution in [1.82, 2.24) is 0 Å². The van der Waals surface area contributed by atoms with Gasteiger partial charge in [0, 0.05) is 5.69 Å². The van der Waals surface area contributed by atoms with E-state index in [4.69, 9.17) is 28.9 Å². The van der Waals surface area contributed by atoms with Gasteiger partial charge >= 0.3 is 12.1 Å². The summed E-state index contributed by atoms with van der Waals surface area (Å²) in [7, 11) is 0. The molecular weight excluding hydrogens is 282 g/mol. The van der Waals surface area contributed by atoms with Gasteiger partial charge in [0.1, 0.15) is 0 Å². The number of carbonyl (C=O) groups is 1. The molecule has 1 aromatic carbocycles. The SMILES string of the molecule is Nc1cc(Cl)c(Cl)c(C(=O)OCC(F)(F)F)c1. The third-order valence-corrected chi connectivity index (χ3v) is 2.44. The fraction of sp³-hybridized carbons (Fsp3) is 0.222. The largest absolute Gasteiger partial charge is 0.452 e. The van der Waals surface area contributed by atoms with Crippen LogP contribution in [0.5, 0.6) is 0 Å². The fourth-order valence-electron chi connectivity index (χ4n) is 0.984. The molecule has 17 heavy (non-hydrogen) atoms. The van der Waals surface area contributed by atoms with E-state index in [1.54, 1.807) is 0 Å². The van der Waals surface area contributed by atoms with E-state index in [0.29, 0.717) is 0 Å². The summed E-state index contributed by atoms with van der Waals surface area (Å²) in [5, 5.41) is -0.237. The molecule has 0 saturated heterocycles. The van der Waals surface area contributed by atoms with Gasteiger partial charge in [-0.25, -0.2) is 4.79 Å². The quantitative estimate of drug-likeness (QED) is 0.671. The molecule has 0 saturated carbocycles. The van der Waals surface area contributed by atoms with E-state index in [-0.39, 0.29) is 21.3 Å². The third-order valence-electron chi connectivity index (χ3n) is 1.64. The van der Waals surface area contributed by atoms with Gasteiger partial charge in [-0.1, -0.05) is 23.2 Å². The van der Waals surface area contributed by atoms with Gasteiger partial charge in [0.05, 0.1) is 15.6 Å². The molecule has 0 aromatic heterocycles. The summed E-state index contributed by atoms with van der Waals surface area (Å²) in [6.07, 6.45) is -4.60. The topological polar surface area (TPSA) is 52.3 Å². The molecule has 0 heterocycles. The van der Waals surface area contributed by atoms with Crippen LogP contribution in [0.1, 0.15) is 10.4 Å². The number of benzene rings is 1. The number of ether oxygens (including phenoxy) is 1. The first-order valence-electron chi connectivity index (χ1n) is 4.19. The summed E-state index contributed by atoms with van der Waals surface area (Å²) < 4.78 is 39.5. The number of rotatable bonds is 2. The van der Waals surface area contributed by atoms with Crippen LogP contribution in [0.3, 0.4) is 0 Å². The highest BCUT2D eigenvalue weighted by molar-refractivity contribution is 6.44. The van der Waals surface area contributed by atoms with Gasteiger partial charge in [-0.2, -0.15) is 13.2 Å². The lowest BCUT2D eigenvalue weighted by molar-refractivity contribution is -0.161. The minimum atomic E-state index is -4.60. The predicted octanol–water partition coefficient (Wildman–Crippen LogP) is 3.29. The Bertz CT molecular complexity index is 449. The fourth-order valence-corrected chi connectivity index (χ4v) is 1.40. The van der Waals surface area contributed by atoms with Crippen molar-refractivity contribution in [2.45, 2.75) is 6.18 Å². The zero-order valence-corrected chi connectivity index (χ0v) is 9.66. The van der Waals surface area contributed by atoms with Gasteiger partial charge in [-0.3, -0.25) is 0 Å². The molecule has 8 heteroatoms. The lowest BCUT2D eigenvalue weighted by Crippen LogP contribution is -2.20. The van der Waals surface area contributed by atoms with Crippen molar-refractivity contribution in [2.75, 3.05) is 12.3 Å². The van der Waals surface area contributed by atoms with Crippen LogP contribution in [0.25, 0.3) is 0 Å². The number of hydrogen-bond acceptors (Lipinski definition) is 3. The molecule has 2 N–H and O–H groups in total. The molecule has 1 aromatic rings. The van der Waals surface area contributed by atoms with Crippen molar-refractivity contribution >= 4 is 34.9 Å². The van der Waals surface area contributed by atoms with Crippen LogP contribution < -0.4 is 5.73 Å². The summed E-state index contributed by atoms with van der Waals surface area (Å²) in [4.78, 5) is 11.3. The number of nitrogens with two attached hydrogens (primary N) is 1. The van der Waals surface area contributed by atoms with Gasteiger partial charge in [0.2, 0.25) is 0 Å². The molecule has 0 bridgehead atoms. The summed E-state index contributed by atoms with van der Waals surface area (Å²) in [6.45, 7) is -1.70. The van der Waals surface area contributed by atoms with Crippen molar-refractivity contribution in [3.63, 3.8) is 0 Å². The van der Waals surface area contributed by atoms with Gasteiger partial charge in [0.25, 0.3) is 0 Å². The Hall–Kier alpha value is -1.14. The molecule has 0 aliphatic carbocycles. The molecule has 1 rings (SSSR count). The molecule has 0 fully saturated rings. The van der Waals surface area contributed by atoms with Crippen LogP contribution in [0.4, 0.5) is 18.9 Å². The van der Waals surface area contributed by atoms with E-state index >= 15 is 0 Å². The predicted molar refractivity (Wildman–Crippen MR) is 57.2 cm³/mol. The maximum atomic E-state index is 11.8. The Morgan fingerprint density at radius 2 is 1.94 bits per heavy atom. The first-order valence-corrected chi connectivity index (χ1v) is 4.94.